The zero-order chi connectivity index (χ0) is 39.7. The van der Waals surface area contributed by atoms with Crippen molar-refractivity contribution in [1.29, 1.82) is 0 Å². The van der Waals surface area contributed by atoms with Gasteiger partial charge in [-0.05, 0) is 61.4 Å². The van der Waals surface area contributed by atoms with Crippen molar-refractivity contribution in [1.82, 2.24) is 0 Å². The lowest BCUT2D eigenvalue weighted by Crippen LogP contribution is -1.93. The van der Waals surface area contributed by atoms with Crippen molar-refractivity contribution in [2.75, 3.05) is 0 Å². The molecule has 0 atom stereocenters. The maximum absolute atomic E-state index is 9.41. The molecule has 1 heteroatoms. The van der Waals surface area contributed by atoms with Crippen LogP contribution in [0.15, 0.2) is 150 Å². The SMILES string of the molecule is [2H]c1c([2H])c([2H])c(-c2c([2H])c([2H])c3oc4c([2H])c([2H])c([2H])c([2H])c4c3c2-c2c3ccccc3c(-c3c([2H])c([2H])c([2H])c([2H])c3[2H])c3ccccc23)c([2H])c1[2H]. The molecular weight excluding hydrogens is 472 g/mol. The van der Waals surface area contributed by atoms with Crippen molar-refractivity contribution in [3.8, 4) is 33.4 Å². The first-order valence-corrected chi connectivity index (χ1v) is 12.1. The number of rotatable bonds is 3. The lowest BCUT2D eigenvalue weighted by atomic mass is 9.82. The van der Waals surface area contributed by atoms with Crippen molar-refractivity contribution in [3.63, 3.8) is 0 Å². The Morgan fingerprint density at radius 1 is 0.410 bits per heavy atom. The van der Waals surface area contributed by atoms with E-state index in [1.54, 1.807) is 48.5 Å². The first kappa shape index (κ1) is 11.3. The molecule has 0 aliphatic rings. The van der Waals surface area contributed by atoms with E-state index < -0.39 is 102 Å². The van der Waals surface area contributed by atoms with Crippen molar-refractivity contribution >= 4 is 43.5 Å². The minimum absolute atomic E-state index is 0.0293. The predicted octanol–water partition coefficient (Wildman–Crippen LogP) is 10.9. The smallest absolute Gasteiger partial charge is 0.136 e. The van der Waals surface area contributed by atoms with Crippen LogP contribution in [0, 0.1) is 0 Å². The molecule has 0 aliphatic carbocycles. The van der Waals surface area contributed by atoms with Crippen LogP contribution < -0.4 is 0 Å². The van der Waals surface area contributed by atoms with E-state index in [0.29, 0.717) is 21.5 Å². The topological polar surface area (TPSA) is 13.1 Å². The maximum Gasteiger partial charge on any atom is 0.136 e. The molecule has 8 rings (SSSR count). The second-order valence-corrected chi connectivity index (χ2v) is 8.85. The average Bonchev–Trinajstić information content (AvgIpc) is 3.59. The van der Waals surface area contributed by atoms with Crippen LogP contribution in [0.4, 0.5) is 0 Å². The fourth-order valence-corrected chi connectivity index (χ4v) is 5.31. The predicted molar refractivity (Wildman–Crippen MR) is 165 cm³/mol. The number of furan rings is 1. The van der Waals surface area contributed by atoms with Gasteiger partial charge in [0.2, 0.25) is 0 Å². The van der Waals surface area contributed by atoms with Gasteiger partial charge in [-0.25, -0.2) is 0 Å². The summed E-state index contributed by atoms with van der Waals surface area (Å²) >= 11 is 0. The number of fused-ring (bicyclic) bond motifs is 5. The van der Waals surface area contributed by atoms with Gasteiger partial charge in [0.15, 0.2) is 0 Å². The van der Waals surface area contributed by atoms with E-state index in [2.05, 4.69) is 0 Å². The first-order valence-electron chi connectivity index (χ1n) is 20.1. The molecule has 0 bridgehead atoms. The van der Waals surface area contributed by atoms with Crippen LogP contribution in [0.2, 0.25) is 0 Å². The van der Waals surface area contributed by atoms with Gasteiger partial charge in [0.05, 0.1) is 21.9 Å². The molecule has 1 nitrogen and oxygen atoms in total. The minimum Gasteiger partial charge on any atom is -0.456 e. The van der Waals surface area contributed by atoms with E-state index in [1.165, 1.54) is 0 Å². The first-order chi connectivity index (χ1) is 26.0. The summed E-state index contributed by atoms with van der Waals surface area (Å²) < 4.78 is 145. The molecule has 8 aromatic rings. The summed E-state index contributed by atoms with van der Waals surface area (Å²) in [6, 6.07) is 3.77. The van der Waals surface area contributed by atoms with Crippen LogP contribution in [-0.4, -0.2) is 0 Å². The quantitative estimate of drug-likeness (QED) is 0.215. The van der Waals surface area contributed by atoms with Crippen LogP contribution in [0.25, 0.3) is 76.9 Å². The molecule has 0 amide bonds. The molecule has 0 saturated heterocycles. The highest BCUT2D eigenvalue weighted by atomic mass is 16.3. The Morgan fingerprint density at radius 2 is 0.949 bits per heavy atom. The summed E-state index contributed by atoms with van der Waals surface area (Å²) in [6.07, 6.45) is 0. The molecule has 1 aromatic heterocycles. The molecule has 0 spiro atoms. The van der Waals surface area contributed by atoms with Crippen molar-refractivity contribution < 1.29 is 26.3 Å². The molecule has 0 aliphatic heterocycles. The van der Waals surface area contributed by atoms with E-state index in [1.807, 2.05) is 0 Å². The summed E-state index contributed by atoms with van der Waals surface area (Å²) in [5.74, 6) is 0. The van der Waals surface area contributed by atoms with E-state index in [4.69, 9.17) is 25.0 Å². The molecule has 0 fully saturated rings. The number of para-hydroxylation sites is 1. The molecule has 7 aromatic carbocycles. The van der Waals surface area contributed by atoms with Gasteiger partial charge in [0, 0.05) is 16.3 Å². The Labute approximate surface area is 249 Å². The number of hydrogen-bond donors (Lipinski definition) is 0. The zero-order valence-electron chi connectivity index (χ0n) is 36.0. The second-order valence-electron chi connectivity index (χ2n) is 8.85. The third kappa shape index (κ3) is 3.34. The summed E-state index contributed by atoms with van der Waals surface area (Å²) in [4.78, 5) is 0. The Balaban J connectivity index is 1.74. The van der Waals surface area contributed by atoms with Gasteiger partial charge < -0.3 is 4.42 Å². The normalized spacial score (nSPS) is 17.3. The summed E-state index contributed by atoms with van der Waals surface area (Å²) in [5, 5.41) is 1.20. The van der Waals surface area contributed by atoms with E-state index >= 15 is 0 Å². The lowest BCUT2D eigenvalue weighted by Gasteiger charge is -2.20. The Hall–Kier alpha value is -5.14. The monoisotopic (exact) mass is 512 g/mol. The Morgan fingerprint density at radius 3 is 1.59 bits per heavy atom. The highest BCUT2D eigenvalue weighted by Crippen LogP contribution is 2.49. The fraction of sp³-hybridized carbons (Fsp3) is 0. The zero-order valence-corrected chi connectivity index (χ0v) is 20.0. The van der Waals surface area contributed by atoms with E-state index in [-0.39, 0.29) is 49.8 Å². The standard InChI is InChI=1S/C38H24O/c1-3-13-25(14-4-1)27-23-24-34-37(32-21-11-12-22-33(32)39-34)38(27)36-30-19-9-7-17-28(30)35(26-15-5-2-6-16-26)29-18-8-10-20-31(29)36/h1-24H/i1D,2D,3D,4D,5D,6D,11D,12D,13D,14D,15D,16D,21D,22D,23D,24D. The number of hydrogen-bond acceptors (Lipinski definition) is 1. The molecule has 1 heterocycles. The summed E-state index contributed by atoms with van der Waals surface area (Å²) in [5.41, 5.74) is -0.953. The Bertz CT molecular complexity index is 2940. The van der Waals surface area contributed by atoms with Crippen molar-refractivity contribution in [2.24, 2.45) is 0 Å². The summed E-state index contributed by atoms with van der Waals surface area (Å²) in [6.45, 7) is 0. The maximum atomic E-state index is 9.41. The van der Waals surface area contributed by atoms with Crippen LogP contribution in [0.3, 0.4) is 0 Å². The summed E-state index contributed by atoms with van der Waals surface area (Å²) in [7, 11) is 0. The molecule has 0 N–H and O–H groups in total. The van der Waals surface area contributed by atoms with Gasteiger partial charge in [-0.15, -0.1) is 0 Å². The van der Waals surface area contributed by atoms with Crippen LogP contribution in [0.1, 0.15) is 21.9 Å². The molecule has 39 heavy (non-hydrogen) atoms. The van der Waals surface area contributed by atoms with Gasteiger partial charge in [-0.1, -0.05) is 133 Å². The lowest BCUT2D eigenvalue weighted by molar-refractivity contribution is 0.669. The van der Waals surface area contributed by atoms with Crippen LogP contribution >= 0.6 is 0 Å². The Kier molecular flexibility index (Phi) is 2.53. The van der Waals surface area contributed by atoms with Gasteiger partial charge in [0.25, 0.3) is 0 Å². The highest BCUT2D eigenvalue weighted by Gasteiger charge is 2.23. The molecule has 0 radical (unpaired) electrons. The van der Waals surface area contributed by atoms with Crippen molar-refractivity contribution in [2.45, 2.75) is 0 Å². The third-order valence-electron chi connectivity index (χ3n) is 6.82. The van der Waals surface area contributed by atoms with Gasteiger partial charge in [-0.3, -0.25) is 0 Å². The van der Waals surface area contributed by atoms with Gasteiger partial charge >= 0.3 is 0 Å². The third-order valence-corrected chi connectivity index (χ3v) is 6.82. The molecular formula is C38H24O. The molecule has 182 valence electrons. The molecule has 0 saturated carbocycles. The fourth-order valence-electron chi connectivity index (χ4n) is 5.31. The van der Waals surface area contributed by atoms with Crippen molar-refractivity contribution in [3.05, 3.63) is 145 Å². The van der Waals surface area contributed by atoms with E-state index in [9.17, 15) is 1.37 Å². The average molecular weight is 513 g/mol. The van der Waals surface area contributed by atoms with E-state index in [0.717, 1.165) is 0 Å². The highest BCUT2D eigenvalue weighted by molar-refractivity contribution is 6.27. The van der Waals surface area contributed by atoms with Crippen LogP contribution in [-0.2, 0) is 0 Å². The minimum atomic E-state index is -0.710. The van der Waals surface area contributed by atoms with Gasteiger partial charge in [0.1, 0.15) is 11.2 Å². The van der Waals surface area contributed by atoms with Crippen LogP contribution in [0.5, 0.6) is 0 Å². The molecule has 0 unspecified atom stereocenters. The largest absolute Gasteiger partial charge is 0.456 e. The second kappa shape index (κ2) is 8.72. The number of benzene rings is 7. The van der Waals surface area contributed by atoms with Gasteiger partial charge in [-0.2, -0.15) is 0 Å².